The lowest BCUT2D eigenvalue weighted by Gasteiger charge is -2.26. The Bertz CT molecular complexity index is 2470. The maximum Gasteiger partial charge on any atom is 0.160 e. The van der Waals surface area contributed by atoms with Crippen LogP contribution in [-0.2, 0) is 0 Å². The summed E-state index contributed by atoms with van der Waals surface area (Å²) in [5.74, 6) is 0. The molecule has 2 aromatic heterocycles. The second-order valence-electron chi connectivity index (χ2n) is 11.3. The van der Waals surface area contributed by atoms with E-state index in [9.17, 15) is 0 Å². The normalized spacial score (nSPS) is 11.6. The van der Waals surface area contributed by atoms with Crippen molar-refractivity contribution in [3.8, 4) is 22.3 Å². The summed E-state index contributed by atoms with van der Waals surface area (Å²) in [4.78, 5) is 2.31. The molecule has 0 atom stereocenters. The van der Waals surface area contributed by atoms with Crippen LogP contribution in [0.2, 0.25) is 0 Å². The molecule has 9 aromatic rings. The van der Waals surface area contributed by atoms with Crippen LogP contribution in [0.3, 0.4) is 0 Å². The van der Waals surface area contributed by atoms with Gasteiger partial charge in [0, 0.05) is 42.3 Å². The van der Waals surface area contributed by atoms with E-state index in [2.05, 4.69) is 163 Å². The third-order valence-corrected chi connectivity index (χ3v) is 9.82. The lowest BCUT2D eigenvalue weighted by atomic mass is 9.97. The van der Waals surface area contributed by atoms with Crippen LogP contribution in [0.5, 0.6) is 0 Å². The first kappa shape index (κ1) is 25.8. The van der Waals surface area contributed by atoms with Crippen LogP contribution in [0, 0.1) is 0 Å². The molecule has 2 heterocycles. The van der Waals surface area contributed by atoms with E-state index in [4.69, 9.17) is 4.42 Å². The molecule has 0 aliphatic heterocycles. The number of fused-ring (bicyclic) bond motifs is 6. The molecule has 45 heavy (non-hydrogen) atoms. The summed E-state index contributed by atoms with van der Waals surface area (Å²) in [6, 6.07) is 58.2. The number of nitrogens with zero attached hydrogens (tertiary/aromatic N) is 1. The van der Waals surface area contributed by atoms with E-state index in [1.54, 1.807) is 0 Å². The molecule has 9 rings (SSSR count). The number of furan rings is 1. The first-order valence-corrected chi connectivity index (χ1v) is 16.0. The number of benzene rings is 7. The van der Waals surface area contributed by atoms with E-state index >= 15 is 0 Å². The minimum Gasteiger partial charge on any atom is -0.454 e. The Labute approximate surface area is 265 Å². The fraction of sp³-hybridized carbons (Fsp3) is 0. The molecule has 3 heteroatoms. The number of rotatable bonds is 5. The Morgan fingerprint density at radius 2 is 1.04 bits per heavy atom. The van der Waals surface area contributed by atoms with E-state index in [1.807, 2.05) is 17.4 Å². The van der Waals surface area contributed by atoms with Crippen molar-refractivity contribution in [3.63, 3.8) is 0 Å². The summed E-state index contributed by atoms with van der Waals surface area (Å²) < 4.78 is 9.34. The topological polar surface area (TPSA) is 16.4 Å². The van der Waals surface area contributed by atoms with Crippen molar-refractivity contribution in [3.05, 3.63) is 164 Å². The van der Waals surface area contributed by atoms with E-state index in [1.165, 1.54) is 42.4 Å². The van der Waals surface area contributed by atoms with Gasteiger partial charge >= 0.3 is 0 Å². The van der Waals surface area contributed by atoms with Crippen LogP contribution in [0.1, 0.15) is 0 Å². The molecule has 2 nitrogen and oxygen atoms in total. The Hall–Kier alpha value is -5.64. The zero-order valence-corrected chi connectivity index (χ0v) is 25.2. The Kier molecular flexibility index (Phi) is 6.03. The first-order valence-electron chi connectivity index (χ1n) is 15.2. The number of hydrogen-bond donors (Lipinski definition) is 0. The van der Waals surface area contributed by atoms with E-state index < -0.39 is 0 Å². The molecule has 0 saturated heterocycles. The van der Waals surface area contributed by atoms with Crippen molar-refractivity contribution in [2.75, 3.05) is 4.90 Å². The van der Waals surface area contributed by atoms with Gasteiger partial charge in [-0.2, -0.15) is 0 Å². The highest BCUT2D eigenvalue weighted by molar-refractivity contribution is 7.25. The van der Waals surface area contributed by atoms with Gasteiger partial charge in [0.15, 0.2) is 5.58 Å². The first-order chi connectivity index (χ1) is 22.3. The Balaban J connectivity index is 1.24. The standard InChI is InChI=1S/C42H27NOS/c1-3-12-28(13-4-1)33-26-27-36(42-41(33)34-16-7-9-19-37(34)44-42)43(30-14-5-2-6-15-30)31-24-22-29(23-25-31)32-18-11-21-39-40(32)35-17-8-10-20-38(35)45-39/h1-27H. The maximum absolute atomic E-state index is 6.70. The van der Waals surface area contributed by atoms with Crippen molar-refractivity contribution in [2.45, 2.75) is 0 Å². The molecule has 0 N–H and O–H groups in total. The van der Waals surface area contributed by atoms with Crippen molar-refractivity contribution in [1.82, 2.24) is 0 Å². The van der Waals surface area contributed by atoms with Crippen LogP contribution >= 0.6 is 11.3 Å². The third kappa shape index (κ3) is 4.24. The van der Waals surface area contributed by atoms with Gasteiger partial charge in [-0.05, 0) is 70.8 Å². The van der Waals surface area contributed by atoms with E-state index in [0.29, 0.717) is 0 Å². The molecule has 0 unspecified atom stereocenters. The highest BCUT2D eigenvalue weighted by Gasteiger charge is 2.22. The van der Waals surface area contributed by atoms with Gasteiger partial charge in [-0.15, -0.1) is 11.3 Å². The van der Waals surface area contributed by atoms with Crippen molar-refractivity contribution < 1.29 is 4.42 Å². The minimum atomic E-state index is 0.875. The molecule has 0 bridgehead atoms. The van der Waals surface area contributed by atoms with Crippen molar-refractivity contribution in [2.24, 2.45) is 0 Å². The van der Waals surface area contributed by atoms with Gasteiger partial charge in [-0.25, -0.2) is 0 Å². The van der Waals surface area contributed by atoms with Gasteiger partial charge in [-0.1, -0.05) is 115 Å². The smallest absolute Gasteiger partial charge is 0.160 e. The molecular weight excluding hydrogens is 567 g/mol. The summed E-state index contributed by atoms with van der Waals surface area (Å²) in [6.07, 6.45) is 0. The molecular formula is C42H27NOS. The largest absolute Gasteiger partial charge is 0.454 e. The predicted octanol–water partition coefficient (Wildman–Crippen LogP) is 12.8. The molecule has 0 saturated carbocycles. The SMILES string of the molecule is c1ccc(-c2ccc(N(c3ccccc3)c3ccc(-c4cccc5sc6ccccc6c45)cc3)c3oc4ccccc4c23)cc1. The molecule has 7 aromatic carbocycles. The summed E-state index contributed by atoms with van der Waals surface area (Å²) >= 11 is 1.86. The predicted molar refractivity (Wildman–Crippen MR) is 192 cm³/mol. The molecule has 0 aliphatic rings. The lowest BCUT2D eigenvalue weighted by molar-refractivity contribution is 0.669. The number of thiophene rings is 1. The molecule has 0 aliphatic carbocycles. The van der Waals surface area contributed by atoms with E-state index in [0.717, 1.165) is 39.0 Å². The zero-order valence-electron chi connectivity index (χ0n) is 24.4. The Morgan fingerprint density at radius 3 is 1.87 bits per heavy atom. The fourth-order valence-electron chi connectivity index (χ4n) is 6.66. The second-order valence-corrected chi connectivity index (χ2v) is 12.4. The average molecular weight is 594 g/mol. The zero-order chi connectivity index (χ0) is 29.7. The van der Waals surface area contributed by atoms with Gasteiger partial charge in [0.1, 0.15) is 5.58 Å². The quantitative estimate of drug-likeness (QED) is 0.197. The van der Waals surface area contributed by atoms with E-state index in [-0.39, 0.29) is 0 Å². The van der Waals surface area contributed by atoms with Crippen LogP contribution in [0.4, 0.5) is 17.1 Å². The number of hydrogen-bond acceptors (Lipinski definition) is 3. The molecule has 0 amide bonds. The summed E-state index contributed by atoms with van der Waals surface area (Å²) in [5.41, 5.74) is 9.71. The van der Waals surface area contributed by atoms with Crippen LogP contribution < -0.4 is 4.90 Å². The average Bonchev–Trinajstić information content (AvgIpc) is 3.69. The van der Waals surface area contributed by atoms with Crippen LogP contribution in [0.25, 0.3) is 64.4 Å². The van der Waals surface area contributed by atoms with Crippen molar-refractivity contribution >= 4 is 70.5 Å². The van der Waals surface area contributed by atoms with Gasteiger partial charge < -0.3 is 9.32 Å². The van der Waals surface area contributed by atoms with Gasteiger partial charge in [-0.3, -0.25) is 0 Å². The highest BCUT2D eigenvalue weighted by Crippen LogP contribution is 2.46. The number of para-hydroxylation sites is 2. The fourth-order valence-corrected chi connectivity index (χ4v) is 7.79. The molecule has 0 fully saturated rings. The van der Waals surface area contributed by atoms with Crippen molar-refractivity contribution in [1.29, 1.82) is 0 Å². The third-order valence-electron chi connectivity index (χ3n) is 8.68. The molecule has 0 spiro atoms. The van der Waals surface area contributed by atoms with Gasteiger partial charge in [0.25, 0.3) is 0 Å². The van der Waals surface area contributed by atoms with Crippen LogP contribution in [0.15, 0.2) is 168 Å². The second kappa shape index (κ2) is 10.5. The van der Waals surface area contributed by atoms with Crippen LogP contribution in [-0.4, -0.2) is 0 Å². The van der Waals surface area contributed by atoms with Gasteiger partial charge in [0.05, 0.1) is 5.69 Å². The van der Waals surface area contributed by atoms with Gasteiger partial charge in [0.2, 0.25) is 0 Å². The molecule has 0 radical (unpaired) electrons. The monoisotopic (exact) mass is 593 g/mol. The Morgan fingerprint density at radius 1 is 0.422 bits per heavy atom. The number of anilines is 3. The maximum atomic E-state index is 6.70. The summed E-state index contributed by atoms with van der Waals surface area (Å²) in [7, 11) is 0. The lowest BCUT2D eigenvalue weighted by Crippen LogP contribution is -2.10. The highest BCUT2D eigenvalue weighted by atomic mass is 32.1. The molecule has 212 valence electrons. The minimum absolute atomic E-state index is 0.875. The summed E-state index contributed by atoms with van der Waals surface area (Å²) in [6.45, 7) is 0. The summed E-state index contributed by atoms with van der Waals surface area (Å²) in [5, 5.41) is 4.88.